The quantitative estimate of drug-likeness (QED) is 0.434. The zero-order valence-corrected chi connectivity index (χ0v) is 4.70. The van der Waals surface area contributed by atoms with Crippen LogP contribution in [0.2, 0.25) is 0 Å². The summed E-state index contributed by atoms with van der Waals surface area (Å²) in [5.41, 5.74) is 0. The average Bonchev–Trinajstić information content (AvgIpc) is 1.61. The van der Waals surface area contributed by atoms with Crippen molar-refractivity contribution in [2.75, 3.05) is 0 Å². The number of rotatable bonds is 1. The minimum absolute atomic E-state index is 0.439. The van der Waals surface area contributed by atoms with Crippen LogP contribution in [0.4, 0.5) is 0 Å². The van der Waals surface area contributed by atoms with Crippen molar-refractivity contribution in [3.63, 3.8) is 0 Å². The summed E-state index contributed by atoms with van der Waals surface area (Å²) in [5.74, 6) is 5.82. The maximum atomic E-state index is 3.75. The highest BCUT2D eigenvalue weighted by Gasteiger charge is 1.84. The maximum Gasteiger partial charge on any atom is 0.0198 e. The second-order valence-corrected chi connectivity index (χ2v) is 1.66. The third-order valence-corrected chi connectivity index (χ3v) is 0.576. The van der Waals surface area contributed by atoms with Crippen molar-refractivity contribution in [1.82, 2.24) is 0 Å². The first-order chi connectivity index (χ1) is 3.27. The number of hydrogen-bond donors (Lipinski definition) is 0. The lowest BCUT2D eigenvalue weighted by molar-refractivity contribution is 0.755. The predicted molar refractivity (Wildman–Crippen MR) is 32.3 cm³/mol. The van der Waals surface area contributed by atoms with Crippen LogP contribution < -0.4 is 0 Å². The molecule has 0 heterocycles. The summed E-state index contributed by atoms with van der Waals surface area (Å²) in [6.07, 6.45) is 0.865. The summed E-state index contributed by atoms with van der Waals surface area (Å²) < 4.78 is 0. The fraction of sp³-hybridized carbons (Fsp3) is 0.429. The molecule has 0 saturated carbocycles. The number of hydrogen-bond acceptors (Lipinski definition) is 0. The van der Waals surface area contributed by atoms with Crippen molar-refractivity contribution in [2.45, 2.75) is 13.3 Å². The van der Waals surface area contributed by atoms with E-state index in [4.69, 9.17) is 0 Å². The van der Waals surface area contributed by atoms with Gasteiger partial charge in [-0.2, -0.15) is 0 Å². The molecule has 0 fully saturated rings. The van der Waals surface area contributed by atoms with Gasteiger partial charge >= 0.3 is 0 Å². The molecular weight excluding hydrogens is 84.1 g/mol. The van der Waals surface area contributed by atoms with E-state index in [0.717, 1.165) is 6.42 Å². The van der Waals surface area contributed by atoms with Gasteiger partial charge in [0.05, 0.1) is 0 Å². The molecule has 0 aromatic carbocycles. The van der Waals surface area contributed by atoms with Gasteiger partial charge in [-0.05, 0) is 12.8 Å². The Morgan fingerprint density at radius 2 is 2.29 bits per heavy atom. The Morgan fingerprint density at radius 3 is 2.43 bits per heavy atom. The molecule has 1 unspecified atom stereocenters. The van der Waals surface area contributed by atoms with Crippen LogP contribution >= 0.6 is 0 Å². The van der Waals surface area contributed by atoms with E-state index in [0.29, 0.717) is 5.92 Å². The summed E-state index contributed by atoms with van der Waals surface area (Å²) in [7, 11) is 0. The monoisotopic (exact) mass is 94.1 g/mol. The molecule has 2 radical (unpaired) electrons. The van der Waals surface area contributed by atoms with Crippen molar-refractivity contribution in [1.29, 1.82) is 0 Å². The third kappa shape index (κ3) is 5.56. The van der Waals surface area contributed by atoms with Crippen LogP contribution in [-0.4, -0.2) is 0 Å². The Hall–Kier alpha value is -0.440. The Morgan fingerprint density at radius 1 is 1.71 bits per heavy atom. The topological polar surface area (TPSA) is 0 Å². The first kappa shape index (κ1) is 6.56. The Kier molecular flexibility index (Phi) is 3.50. The van der Waals surface area contributed by atoms with E-state index in [1.54, 1.807) is 0 Å². The molecular formula is C7H10. The Bertz CT molecular complexity index is 79.9. The lowest BCUT2D eigenvalue weighted by Crippen LogP contribution is -1.81. The molecule has 0 aliphatic rings. The molecule has 0 rings (SSSR count). The second-order valence-electron chi connectivity index (χ2n) is 1.66. The molecule has 0 saturated heterocycles. The summed E-state index contributed by atoms with van der Waals surface area (Å²) in [5, 5.41) is 0. The van der Waals surface area contributed by atoms with Crippen molar-refractivity contribution in [3.8, 4) is 11.8 Å². The summed E-state index contributed by atoms with van der Waals surface area (Å²) in [4.78, 5) is 0. The molecule has 1 atom stereocenters. The van der Waals surface area contributed by atoms with Crippen LogP contribution in [0.15, 0.2) is 0 Å². The third-order valence-electron chi connectivity index (χ3n) is 0.576. The molecule has 0 aromatic heterocycles. The summed E-state index contributed by atoms with van der Waals surface area (Å²) in [6, 6.07) is 0. The van der Waals surface area contributed by atoms with Crippen LogP contribution in [0, 0.1) is 31.6 Å². The molecule has 0 amide bonds. The molecule has 0 heteroatoms. The molecule has 0 aliphatic carbocycles. The fourth-order valence-electron chi connectivity index (χ4n) is 0.246. The second kappa shape index (κ2) is 3.74. The smallest absolute Gasteiger partial charge is 0.0198 e. The van der Waals surface area contributed by atoms with Gasteiger partial charge in [-0.15, -0.1) is 11.8 Å². The SMILES string of the molecule is [CH2]C#CCC([CH2])C. The van der Waals surface area contributed by atoms with E-state index < -0.39 is 0 Å². The van der Waals surface area contributed by atoms with Crippen molar-refractivity contribution < 1.29 is 0 Å². The highest BCUT2D eigenvalue weighted by Crippen LogP contribution is 1.94. The minimum Gasteiger partial charge on any atom is -0.103 e. The molecule has 7 heavy (non-hydrogen) atoms. The highest BCUT2D eigenvalue weighted by molar-refractivity contribution is 5.01. The van der Waals surface area contributed by atoms with Crippen LogP contribution in [-0.2, 0) is 0 Å². The van der Waals surface area contributed by atoms with Gasteiger partial charge in [0.15, 0.2) is 0 Å². The van der Waals surface area contributed by atoms with Crippen LogP contribution in [0.1, 0.15) is 13.3 Å². The molecule has 0 bridgehead atoms. The lowest BCUT2D eigenvalue weighted by Gasteiger charge is -1.90. The fourth-order valence-corrected chi connectivity index (χ4v) is 0.246. The van der Waals surface area contributed by atoms with Gasteiger partial charge in [-0.25, -0.2) is 0 Å². The zero-order chi connectivity index (χ0) is 5.70. The molecule has 0 aliphatic heterocycles. The van der Waals surface area contributed by atoms with Crippen molar-refractivity contribution in [2.24, 2.45) is 5.92 Å². The van der Waals surface area contributed by atoms with Crippen LogP contribution in [0.25, 0.3) is 0 Å². The van der Waals surface area contributed by atoms with E-state index in [2.05, 4.69) is 25.7 Å². The summed E-state index contributed by atoms with van der Waals surface area (Å²) >= 11 is 0. The van der Waals surface area contributed by atoms with Gasteiger partial charge in [0.2, 0.25) is 0 Å². The first-order valence-corrected chi connectivity index (χ1v) is 2.35. The van der Waals surface area contributed by atoms with Crippen LogP contribution in [0.3, 0.4) is 0 Å². The van der Waals surface area contributed by atoms with E-state index in [1.807, 2.05) is 6.92 Å². The molecule has 0 nitrogen and oxygen atoms in total. The van der Waals surface area contributed by atoms with Gasteiger partial charge in [-0.3, -0.25) is 0 Å². The largest absolute Gasteiger partial charge is 0.103 e. The predicted octanol–water partition coefficient (Wildman–Crippen LogP) is 1.68. The first-order valence-electron chi connectivity index (χ1n) is 2.35. The Balaban J connectivity index is 3.08. The minimum atomic E-state index is 0.439. The normalized spacial score (nSPS) is 8.00. The van der Waals surface area contributed by atoms with Crippen LogP contribution in [0.5, 0.6) is 0 Å². The highest BCUT2D eigenvalue weighted by atomic mass is 13.9. The van der Waals surface area contributed by atoms with E-state index >= 15 is 0 Å². The van der Waals surface area contributed by atoms with Crippen molar-refractivity contribution in [3.05, 3.63) is 13.8 Å². The molecule has 0 aromatic rings. The summed E-state index contributed by atoms with van der Waals surface area (Å²) in [6.45, 7) is 9.15. The molecule has 0 spiro atoms. The van der Waals surface area contributed by atoms with E-state index in [9.17, 15) is 0 Å². The van der Waals surface area contributed by atoms with E-state index in [-0.39, 0.29) is 0 Å². The molecule has 0 N–H and O–H groups in total. The van der Waals surface area contributed by atoms with Gasteiger partial charge in [0.1, 0.15) is 0 Å². The maximum absolute atomic E-state index is 3.75. The standard InChI is InChI=1S/C7H10/c1-4-5-6-7(2)3/h7H,1-2,6H2,3H3. The van der Waals surface area contributed by atoms with Crippen molar-refractivity contribution >= 4 is 0 Å². The average molecular weight is 94.2 g/mol. The van der Waals surface area contributed by atoms with E-state index in [1.165, 1.54) is 0 Å². The zero-order valence-electron chi connectivity index (χ0n) is 4.70. The van der Waals surface area contributed by atoms with Gasteiger partial charge in [0, 0.05) is 13.3 Å². The molecule has 38 valence electrons. The van der Waals surface area contributed by atoms with Gasteiger partial charge < -0.3 is 0 Å². The lowest BCUT2D eigenvalue weighted by atomic mass is 10.1. The van der Waals surface area contributed by atoms with Gasteiger partial charge in [-0.1, -0.05) is 6.92 Å². The van der Waals surface area contributed by atoms with Gasteiger partial charge in [0.25, 0.3) is 0 Å². The Labute approximate surface area is 45.9 Å².